The minimum atomic E-state index is -0.376. The number of amidine groups is 1. The van der Waals surface area contributed by atoms with Gasteiger partial charge in [0, 0.05) is 0 Å². The van der Waals surface area contributed by atoms with Crippen LogP contribution in [0.25, 0.3) is 0 Å². The van der Waals surface area contributed by atoms with Gasteiger partial charge in [-0.15, -0.1) is 11.6 Å². The van der Waals surface area contributed by atoms with E-state index in [4.69, 9.17) is 28.9 Å². The van der Waals surface area contributed by atoms with Gasteiger partial charge in [-0.2, -0.15) is 0 Å². The summed E-state index contributed by atoms with van der Waals surface area (Å²) in [6.07, 6.45) is 0. The molecule has 1 aromatic carbocycles. The zero-order chi connectivity index (χ0) is 10.7. The summed E-state index contributed by atoms with van der Waals surface area (Å²) in [6.45, 7) is 0. The maximum absolute atomic E-state index is 13.0. The van der Waals surface area contributed by atoms with Gasteiger partial charge in [0.1, 0.15) is 11.7 Å². The quantitative estimate of drug-likeness (QED) is 0.288. The summed E-state index contributed by atoms with van der Waals surface area (Å²) >= 11 is 13.1. The summed E-state index contributed by atoms with van der Waals surface area (Å²) in [5.74, 6) is -0.0143. The maximum Gasteiger partial charge on any atom is 0.138 e. The fourth-order valence-electron chi connectivity index (χ4n) is 0.782. The minimum absolute atomic E-state index is 0.115. The molecule has 6 heteroatoms. The highest BCUT2D eigenvalue weighted by Gasteiger charge is 2.06. The summed E-state index contributed by atoms with van der Waals surface area (Å²) in [7, 11) is 0. The van der Waals surface area contributed by atoms with Crippen LogP contribution in [0.2, 0.25) is 5.02 Å². The van der Waals surface area contributed by atoms with Crippen LogP contribution in [0.15, 0.2) is 17.1 Å². The van der Waals surface area contributed by atoms with Crippen molar-refractivity contribution >= 4 is 57.3 Å². The van der Waals surface area contributed by atoms with Crippen LogP contribution in [0.4, 0.5) is 10.1 Å². The smallest absolute Gasteiger partial charge is 0.138 e. The van der Waals surface area contributed by atoms with Crippen LogP contribution in [0.5, 0.6) is 0 Å². The molecule has 0 spiro atoms. The number of aliphatic imine (C=N–C) groups is 1. The highest BCUT2D eigenvalue weighted by Crippen LogP contribution is 2.28. The van der Waals surface area contributed by atoms with Gasteiger partial charge in [-0.05, 0) is 34.7 Å². The van der Waals surface area contributed by atoms with E-state index < -0.39 is 0 Å². The maximum atomic E-state index is 13.0. The first-order chi connectivity index (χ1) is 6.54. The Labute approximate surface area is 104 Å². The van der Waals surface area contributed by atoms with E-state index >= 15 is 0 Å². The van der Waals surface area contributed by atoms with Crippen molar-refractivity contribution in [2.75, 3.05) is 5.88 Å². The lowest BCUT2D eigenvalue weighted by molar-refractivity contribution is 0.620. The number of nitrogens with two attached hydrogens (primary N) is 1. The first-order valence-corrected chi connectivity index (χ1v) is 5.57. The lowest BCUT2D eigenvalue weighted by Crippen LogP contribution is -2.12. The largest absolute Gasteiger partial charge is 0.386 e. The standard InChI is InChI=1S/C8H6Cl2FIN2/c9-3-8(13)14-7-2-6(12)5(11)1-4(7)10/h1-2H,3H2,(H2,13,14). The van der Waals surface area contributed by atoms with Crippen LogP contribution in [-0.2, 0) is 0 Å². The van der Waals surface area contributed by atoms with Gasteiger partial charge in [0.05, 0.1) is 20.2 Å². The van der Waals surface area contributed by atoms with Gasteiger partial charge in [-0.3, -0.25) is 0 Å². The molecule has 0 saturated heterocycles. The van der Waals surface area contributed by atoms with Crippen LogP contribution in [-0.4, -0.2) is 11.7 Å². The molecule has 0 fully saturated rings. The van der Waals surface area contributed by atoms with Crippen molar-refractivity contribution in [2.45, 2.75) is 0 Å². The van der Waals surface area contributed by atoms with Crippen molar-refractivity contribution in [1.29, 1.82) is 0 Å². The fraction of sp³-hybridized carbons (Fsp3) is 0.125. The molecule has 0 aliphatic rings. The molecule has 0 amide bonds. The SMILES string of the molecule is NC(CCl)=Nc1cc(I)c(F)cc1Cl. The Morgan fingerprint density at radius 3 is 2.79 bits per heavy atom. The zero-order valence-electron chi connectivity index (χ0n) is 6.90. The summed E-state index contributed by atoms with van der Waals surface area (Å²) in [5, 5.41) is 0.219. The normalized spacial score (nSPS) is 11.9. The average Bonchev–Trinajstić information content (AvgIpc) is 2.14. The minimum Gasteiger partial charge on any atom is -0.386 e. The molecule has 0 aromatic heterocycles. The summed E-state index contributed by atoms with van der Waals surface area (Å²) in [5.41, 5.74) is 5.85. The van der Waals surface area contributed by atoms with E-state index in [9.17, 15) is 4.39 Å². The zero-order valence-corrected chi connectivity index (χ0v) is 10.6. The van der Waals surface area contributed by atoms with Crippen LogP contribution < -0.4 is 5.73 Å². The Hall–Kier alpha value is -0.0700. The van der Waals surface area contributed by atoms with Crippen LogP contribution in [0.1, 0.15) is 0 Å². The third kappa shape index (κ3) is 2.96. The van der Waals surface area contributed by atoms with Crippen LogP contribution in [0.3, 0.4) is 0 Å². The molecule has 14 heavy (non-hydrogen) atoms. The Morgan fingerprint density at radius 1 is 1.57 bits per heavy atom. The topological polar surface area (TPSA) is 38.4 Å². The lowest BCUT2D eigenvalue weighted by atomic mass is 10.3. The number of alkyl halides is 1. The molecule has 1 aromatic rings. The summed E-state index contributed by atoms with van der Waals surface area (Å²) < 4.78 is 13.4. The van der Waals surface area contributed by atoms with Crippen molar-refractivity contribution in [3.8, 4) is 0 Å². The molecule has 1 rings (SSSR count). The molecule has 0 unspecified atom stereocenters. The molecule has 0 saturated carbocycles. The van der Waals surface area contributed by atoms with Crippen molar-refractivity contribution in [1.82, 2.24) is 0 Å². The van der Waals surface area contributed by atoms with Crippen molar-refractivity contribution in [3.05, 3.63) is 26.5 Å². The Morgan fingerprint density at radius 2 is 2.21 bits per heavy atom. The van der Waals surface area contributed by atoms with E-state index in [1.54, 1.807) is 0 Å². The predicted molar refractivity (Wildman–Crippen MR) is 66.1 cm³/mol. The van der Waals surface area contributed by atoms with E-state index in [1.807, 2.05) is 22.6 Å². The monoisotopic (exact) mass is 346 g/mol. The first-order valence-electron chi connectivity index (χ1n) is 3.58. The van der Waals surface area contributed by atoms with Gasteiger partial charge in [-0.1, -0.05) is 11.6 Å². The van der Waals surface area contributed by atoms with Gasteiger partial charge < -0.3 is 5.73 Å². The molecule has 0 radical (unpaired) electrons. The molecular weight excluding hydrogens is 341 g/mol. The predicted octanol–water partition coefficient (Wildman–Crippen LogP) is 3.31. The highest BCUT2D eigenvalue weighted by atomic mass is 127. The Balaban J connectivity index is 3.16. The van der Waals surface area contributed by atoms with Gasteiger partial charge in [0.15, 0.2) is 0 Å². The van der Waals surface area contributed by atoms with E-state index in [-0.39, 0.29) is 22.6 Å². The number of hydrogen-bond acceptors (Lipinski definition) is 1. The molecule has 0 bridgehead atoms. The van der Waals surface area contributed by atoms with Crippen molar-refractivity contribution < 1.29 is 4.39 Å². The Kier molecular flexibility index (Phi) is 4.40. The van der Waals surface area contributed by atoms with Crippen molar-refractivity contribution in [2.24, 2.45) is 10.7 Å². The molecule has 2 nitrogen and oxygen atoms in total. The molecular formula is C8H6Cl2FIN2. The van der Waals surface area contributed by atoms with E-state index in [1.165, 1.54) is 12.1 Å². The van der Waals surface area contributed by atoms with Crippen molar-refractivity contribution in [3.63, 3.8) is 0 Å². The number of halogens is 4. The number of nitrogens with zero attached hydrogens (tertiary/aromatic N) is 1. The van der Waals surface area contributed by atoms with E-state index in [2.05, 4.69) is 4.99 Å². The lowest BCUT2D eigenvalue weighted by Gasteiger charge is -2.01. The highest BCUT2D eigenvalue weighted by molar-refractivity contribution is 14.1. The molecule has 0 aliphatic carbocycles. The molecule has 0 aliphatic heterocycles. The summed E-state index contributed by atoms with van der Waals surface area (Å²) in [6, 6.07) is 2.71. The van der Waals surface area contributed by atoms with Gasteiger partial charge >= 0.3 is 0 Å². The van der Waals surface area contributed by atoms with Gasteiger partial charge in [0.25, 0.3) is 0 Å². The second kappa shape index (κ2) is 5.14. The average molecular weight is 347 g/mol. The molecule has 0 heterocycles. The number of hydrogen-bond donors (Lipinski definition) is 1. The fourth-order valence-corrected chi connectivity index (χ4v) is 1.49. The van der Waals surface area contributed by atoms with Crippen LogP contribution in [0, 0.1) is 9.39 Å². The number of rotatable bonds is 2. The van der Waals surface area contributed by atoms with E-state index in [0.29, 0.717) is 9.26 Å². The van der Waals surface area contributed by atoms with Crippen LogP contribution >= 0.6 is 45.8 Å². The number of benzene rings is 1. The van der Waals surface area contributed by atoms with E-state index in [0.717, 1.165) is 0 Å². The first kappa shape index (κ1) is 12.0. The van der Waals surface area contributed by atoms with Gasteiger partial charge in [0.2, 0.25) is 0 Å². The summed E-state index contributed by atoms with van der Waals surface area (Å²) in [4.78, 5) is 3.94. The second-order valence-electron chi connectivity index (χ2n) is 2.45. The molecule has 2 N–H and O–H groups in total. The molecule has 0 atom stereocenters. The van der Waals surface area contributed by atoms with Gasteiger partial charge in [-0.25, -0.2) is 9.38 Å². The molecule has 76 valence electrons. The third-order valence-corrected chi connectivity index (χ3v) is 2.79. The third-order valence-electron chi connectivity index (χ3n) is 1.39. The Bertz CT molecular complexity index is 382. The second-order valence-corrected chi connectivity index (χ2v) is 4.29.